The number of hydrogen-bond acceptors (Lipinski definition) is 2. The first-order valence-electron chi connectivity index (χ1n) is 4.17. The predicted octanol–water partition coefficient (Wildman–Crippen LogP) is 0.575. The zero-order valence-corrected chi connectivity index (χ0v) is 6.69. The van der Waals surface area contributed by atoms with Crippen LogP contribution in [0.1, 0.15) is 12.8 Å². The van der Waals surface area contributed by atoms with E-state index in [4.69, 9.17) is 5.11 Å². The summed E-state index contributed by atoms with van der Waals surface area (Å²) in [6, 6.07) is 0. The van der Waals surface area contributed by atoms with Gasteiger partial charge in [-0.25, -0.2) is 4.79 Å². The summed E-state index contributed by atoms with van der Waals surface area (Å²) in [5.74, 6) is 0.552. The normalized spacial score (nSPS) is 34.0. The standard InChI is InChI=1S/C8H11NO3/c10-7-2-5-1-6(7)4-9(3-5)8(11)12/h5-6H,1-4H2,(H,11,12)/t5-,6-/m1/s1. The maximum absolute atomic E-state index is 11.2. The van der Waals surface area contributed by atoms with Crippen molar-refractivity contribution < 1.29 is 14.7 Å². The van der Waals surface area contributed by atoms with E-state index in [2.05, 4.69) is 0 Å². The smallest absolute Gasteiger partial charge is 0.407 e. The molecule has 1 saturated heterocycles. The molecule has 1 aliphatic heterocycles. The van der Waals surface area contributed by atoms with Crippen molar-refractivity contribution >= 4 is 11.9 Å². The Hall–Kier alpha value is -1.06. The van der Waals surface area contributed by atoms with Crippen LogP contribution in [0.3, 0.4) is 0 Å². The molecule has 1 heterocycles. The molecule has 1 saturated carbocycles. The van der Waals surface area contributed by atoms with Crippen molar-refractivity contribution in [3.8, 4) is 0 Å². The van der Waals surface area contributed by atoms with Gasteiger partial charge in [0.05, 0.1) is 0 Å². The van der Waals surface area contributed by atoms with Crippen molar-refractivity contribution in [2.75, 3.05) is 13.1 Å². The van der Waals surface area contributed by atoms with Gasteiger partial charge in [0, 0.05) is 25.4 Å². The fourth-order valence-electron chi connectivity index (χ4n) is 2.19. The highest BCUT2D eigenvalue weighted by Gasteiger charge is 2.40. The largest absolute Gasteiger partial charge is 0.465 e. The van der Waals surface area contributed by atoms with Crippen molar-refractivity contribution in [2.24, 2.45) is 11.8 Å². The highest BCUT2D eigenvalue weighted by atomic mass is 16.4. The minimum atomic E-state index is -0.889. The summed E-state index contributed by atoms with van der Waals surface area (Å²) in [5.41, 5.74) is 0. The van der Waals surface area contributed by atoms with Crippen LogP contribution < -0.4 is 0 Å². The van der Waals surface area contributed by atoms with E-state index in [1.807, 2.05) is 0 Å². The van der Waals surface area contributed by atoms with Crippen LogP contribution in [0.2, 0.25) is 0 Å². The number of piperidine rings is 1. The molecule has 12 heavy (non-hydrogen) atoms. The molecule has 0 aromatic carbocycles. The number of nitrogens with zero attached hydrogens (tertiary/aromatic N) is 1. The summed E-state index contributed by atoms with van der Waals surface area (Å²) in [6.07, 6.45) is 0.608. The molecular formula is C8H11NO3. The van der Waals surface area contributed by atoms with Crippen molar-refractivity contribution in [2.45, 2.75) is 12.8 Å². The van der Waals surface area contributed by atoms with Gasteiger partial charge in [0.15, 0.2) is 0 Å². The molecular weight excluding hydrogens is 158 g/mol. The number of amides is 1. The lowest BCUT2D eigenvalue weighted by atomic mass is 9.99. The van der Waals surface area contributed by atoms with E-state index in [-0.39, 0.29) is 11.7 Å². The van der Waals surface area contributed by atoms with Gasteiger partial charge in [0.1, 0.15) is 5.78 Å². The molecule has 4 heteroatoms. The number of likely N-dealkylation sites (tertiary alicyclic amines) is 1. The van der Waals surface area contributed by atoms with E-state index in [0.717, 1.165) is 6.42 Å². The van der Waals surface area contributed by atoms with Crippen LogP contribution in [0.5, 0.6) is 0 Å². The van der Waals surface area contributed by atoms with Gasteiger partial charge in [0.2, 0.25) is 0 Å². The fraction of sp³-hybridized carbons (Fsp3) is 0.750. The van der Waals surface area contributed by atoms with E-state index < -0.39 is 6.09 Å². The third-order valence-electron chi connectivity index (χ3n) is 2.75. The number of carbonyl (C=O) groups is 2. The molecule has 1 amide bonds. The van der Waals surface area contributed by atoms with Gasteiger partial charge < -0.3 is 10.0 Å². The first kappa shape index (κ1) is 7.58. The average molecular weight is 169 g/mol. The second-order valence-corrected chi connectivity index (χ2v) is 3.66. The monoisotopic (exact) mass is 169 g/mol. The number of carboxylic acid groups (broad SMARTS) is 1. The van der Waals surface area contributed by atoms with Crippen molar-refractivity contribution in [3.05, 3.63) is 0 Å². The lowest BCUT2D eigenvalue weighted by molar-refractivity contribution is -0.120. The number of fused-ring (bicyclic) bond motifs is 2. The summed E-state index contributed by atoms with van der Waals surface area (Å²) in [5, 5.41) is 8.70. The summed E-state index contributed by atoms with van der Waals surface area (Å²) >= 11 is 0. The number of ketones is 1. The van der Waals surface area contributed by atoms with Crippen LogP contribution in [0.4, 0.5) is 4.79 Å². The molecule has 0 unspecified atom stereocenters. The van der Waals surface area contributed by atoms with Gasteiger partial charge in [-0.15, -0.1) is 0 Å². The lowest BCUT2D eigenvalue weighted by Crippen LogP contribution is -2.40. The van der Waals surface area contributed by atoms with Crippen LogP contribution in [0.25, 0.3) is 0 Å². The van der Waals surface area contributed by atoms with Crippen molar-refractivity contribution in [1.82, 2.24) is 4.90 Å². The van der Waals surface area contributed by atoms with E-state index in [0.29, 0.717) is 25.4 Å². The topological polar surface area (TPSA) is 57.6 Å². The Morgan fingerprint density at radius 1 is 1.50 bits per heavy atom. The van der Waals surface area contributed by atoms with Crippen molar-refractivity contribution in [3.63, 3.8) is 0 Å². The summed E-state index contributed by atoms with van der Waals surface area (Å²) in [6.45, 7) is 0.974. The van der Waals surface area contributed by atoms with E-state index in [1.54, 1.807) is 0 Å². The predicted molar refractivity (Wildman–Crippen MR) is 40.8 cm³/mol. The Kier molecular flexibility index (Phi) is 1.56. The molecule has 2 aliphatic rings. The minimum Gasteiger partial charge on any atom is -0.465 e. The Labute approximate surface area is 70.2 Å². The van der Waals surface area contributed by atoms with Crippen molar-refractivity contribution in [1.29, 1.82) is 0 Å². The molecule has 66 valence electrons. The Balaban J connectivity index is 2.10. The number of hydrogen-bond donors (Lipinski definition) is 1. The Bertz CT molecular complexity index is 238. The van der Waals surface area contributed by atoms with Gasteiger partial charge in [-0.2, -0.15) is 0 Å². The maximum atomic E-state index is 11.2. The van der Waals surface area contributed by atoms with E-state index >= 15 is 0 Å². The molecule has 0 aromatic heterocycles. The molecule has 4 nitrogen and oxygen atoms in total. The molecule has 2 atom stereocenters. The Morgan fingerprint density at radius 2 is 2.25 bits per heavy atom. The van der Waals surface area contributed by atoms with Gasteiger partial charge in [-0.1, -0.05) is 0 Å². The third kappa shape index (κ3) is 1.07. The summed E-state index contributed by atoms with van der Waals surface area (Å²) in [4.78, 5) is 23.2. The molecule has 2 fully saturated rings. The molecule has 0 aromatic rings. The average Bonchev–Trinajstić information content (AvgIpc) is 2.26. The summed E-state index contributed by atoms with van der Waals surface area (Å²) in [7, 11) is 0. The first-order valence-corrected chi connectivity index (χ1v) is 4.17. The molecule has 2 bridgehead atoms. The summed E-state index contributed by atoms with van der Waals surface area (Å²) < 4.78 is 0. The number of carbonyl (C=O) groups excluding carboxylic acids is 1. The second kappa shape index (κ2) is 2.47. The molecule has 2 rings (SSSR count). The van der Waals surface area contributed by atoms with Crippen LogP contribution in [0, 0.1) is 11.8 Å². The van der Waals surface area contributed by atoms with E-state index in [1.165, 1.54) is 4.90 Å². The highest BCUT2D eigenvalue weighted by molar-refractivity contribution is 5.84. The Morgan fingerprint density at radius 3 is 2.83 bits per heavy atom. The molecule has 0 spiro atoms. The van der Waals surface area contributed by atoms with E-state index in [9.17, 15) is 9.59 Å². The fourth-order valence-corrected chi connectivity index (χ4v) is 2.19. The number of rotatable bonds is 0. The van der Waals surface area contributed by atoms with Gasteiger partial charge in [0.25, 0.3) is 0 Å². The quantitative estimate of drug-likeness (QED) is 0.577. The zero-order chi connectivity index (χ0) is 8.72. The molecule has 0 radical (unpaired) electrons. The van der Waals surface area contributed by atoms with Gasteiger partial charge >= 0.3 is 6.09 Å². The first-order chi connectivity index (χ1) is 5.66. The highest BCUT2D eigenvalue weighted by Crippen LogP contribution is 2.33. The lowest BCUT2D eigenvalue weighted by Gasteiger charge is -2.28. The second-order valence-electron chi connectivity index (χ2n) is 3.66. The van der Waals surface area contributed by atoms with Crippen LogP contribution >= 0.6 is 0 Å². The van der Waals surface area contributed by atoms with Gasteiger partial charge in [-0.05, 0) is 12.3 Å². The molecule has 1 aliphatic carbocycles. The molecule has 1 N–H and O–H groups in total. The van der Waals surface area contributed by atoms with Crippen LogP contribution in [-0.2, 0) is 4.79 Å². The zero-order valence-electron chi connectivity index (χ0n) is 6.69. The van der Waals surface area contributed by atoms with Crippen LogP contribution in [-0.4, -0.2) is 35.0 Å². The minimum absolute atomic E-state index is 0.000139. The van der Waals surface area contributed by atoms with Gasteiger partial charge in [-0.3, -0.25) is 4.79 Å². The van der Waals surface area contributed by atoms with Crippen LogP contribution in [0.15, 0.2) is 0 Å². The number of Topliss-reactive ketones (excluding diaryl/α,β-unsaturated/α-hetero) is 1. The third-order valence-corrected chi connectivity index (χ3v) is 2.75. The SMILES string of the molecule is O=C1C[C@H]2C[C@@H]1CN(C(=O)O)C2. The maximum Gasteiger partial charge on any atom is 0.407 e.